The van der Waals surface area contributed by atoms with Crippen molar-refractivity contribution in [3.8, 4) is 0 Å². The number of aromatic nitrogens is 3. The number of benzene rings is 1. The molecule has 0 radical (unpaired) electrons. The van der Waals surface area contributed by atoms with E-state index in [1.807, 2.05) is 11.6 Å². The fourth-order valence-corrected chi connectivity index (χ4v) is 5.69. The first kappa shape index (κ1) is 18.4. The van der Waals surface area contributed by atoms with Gasteiger partial charge >= 0.3 is 0 Å². The quantitative estimate of drug-likeness (QED) is 0.548. The molecule has 1 aliphatic heterocycles. The summed E-state index contributed by atoms with van der Waals surface area (Å²) in [4.78, 5) is 12.2. The number of ketones is 1. The molecule has 134 valence electrons. The highest BCUT2D eigenvalue weighted by atomic mass is 35.5. The molecule has 1 unspecified atom stereocenters. The van der Waals surface area contributed by atoms with Crippen molar-refractivity contribution in [2.24, 2.45) is 13.0 Å². The molecule has 0 amide bonds. The fourth-order valence-electron chi connectivity index (χ4n) is 2.82. The SMILES string of the molecule is Cn1c(CC2CCS(=O)(=O)C2)nnc1SCC(=O)c1cccc(Cl)c1. The molecule has 6 nitrogen and oxygen atoms in total. The lowest BCUT2D eigenvalue weighted by molar-refractivity contribution is 0.102. The molecule has 25 heavy (non-hydrogen) atoms. The fraction of sp³-hybridized carbons (Fsp3) is 0.438. The maximum atomic E-state index is 12.2. The highest BCUT2D eigenvalue weighted by molar-refractivity contribution is 7.99. The van der Waals surface area contributed by atoms with Gasteiger partial charge in [-0.2, -0.15) is 0 Å². The van der Waals surface area contributed by atoms with E-state index >= 15 is 0 Å². The van der Waals surface area contributed by atoms with E-state index in [-0.39, 0.29) is 29.0 Å². The molecule has 1 aliphatic rings. The summed E-state index contributed by atoms with van der Waals surface area (Å²) in [6, 6.07) is 6.85. The molecule has 0 N–H and O–H groups in total. The van der Waals surface area contributed by atoms with Crippen LogP contribution in [0.25, 0.3) is 0 Å². The number of rotatable bonds is 6. The van der Waals surface area contributed by atoms with Crippen molar-refractivity contribution in [1.29, 1.82) is 0 Å². The number of carbonyl (C=O) groups is 1. The van der Waals surface area contributed by atoms with Gasteiger partial charge < -0.3 is 4.57 Å². The number of hydrogen-bond acceptors (Lipinski definition) is 6. The maximum absolute atomic E-state index is 12.2. The molecule has 1 fully saturated rings. The van der Waals surface area contributed by atoms with Gasteiger partial charge in [-0.3, -0.25) is 4.79 Å². The summed E-state index contributed by atoms with van der Waals surface area (Å²) < 4.78 is 25.0. The van der Waals surface area contributed by atoms with E-state index in [1.54, 1.807) is 24.3 Å². The van der Waals surface area contributed by atoms with Crippen LogP contribution < -0.4 is 0 Å². The first-order valence-corrected chi connectivity index (χ1v) is 11.0. The Labute approximate surface area is 155 Å². The van der Waals surface area contributed by atoms with Crippen LogP contribution in [-0.2, 0) is 23.3 Å². The first-order chi connectivity index (χ1) is 11.8. The van der Waals surface area contributed by atoms with Crippen LogP contribution in [0.15, 0.2) is 29.4 Å². The lowest BCUT2D eigenvalue weighted by atomic mass is 10.1. The molecule has 0 bridgehead atoms. The molecule has 2 heterocycles. The second-order valence-corrected chi connectivity index (χ2v) is 9.76. The summed E-state index contributed by atoms with van der Waals surface area (Å²) in [6.45, 7) is 0. The maximum Gasteiger partial charge on any atom is 0.191 e. The standard InChI is InChI=1S/C16H18ClN3O3S2/c1-20-15(7-11-5-6-25(22,23)10-11)18-19-16(20)24-9-14(21)12-3-2-4-13(17)8-12/h2-4,8,11H,5-7,9-10H2,1H3. The molecule has 2 aromatic rings. The summed E-state index contributed by atoms with van der Waals surface area (Å²) in [5, 5.41) is 9.46. The summed E-state index contributed by atoms with van der Waals surface area (Å²) >= 11 is 7.22. The Balaban J connectivity index is 1.61. The van der Waals surface area contributed by atoms with Crippen molar-refractivity contribution in [2.45, 2.75) is 18.0 Å². The van der Waals surface area contributed by atoms with E-state index in [1.165, 1.54) is 11.8 Å². The van der Waals surface area contributed by atoms with Crippen molar-refractivity contribution < 1.29 is 13.2 Å². The van der Waals surface area contributed by atoms with Gasteiger partial charge in [0.05, 0.1) is 17.3 Å². The van der Waals surface area contributed by atoms with Gasteiger partial charge in [-0.1, -0.05) is 35.5 Å². The largest absolute Gasteiger partial charge is 0.309 e. The van der Waals surface area contributed by atoms with Crippen molar-refractivity contribution in [1.82, 2.24) is 14.8 Å². The van der Waals surface area contributed by atoms with Crippen molar-refractivity contribution in [2.75, 3.05) is 17.3 Å². The Bertz CT molecular complexity index is 896. The van der Waals surface area contributed by atoms with E-state index in [2.05, 4.69) is 10.2 Å². The molecule has 1 aromatic carbocycles. The van der Waals surface area contributed by atoms with Crippen LogP contribution >= 0.6 is 23.4 Å². The third kappa shape index (κ3) is 4.62. The van der Waals surface area contributed by atoms with Crippen LogP contribution in [0.1, 0.15) is 22.6 Å². The van der Waals surface area contributed by atoms with Gasteiger partial charge in [0.2, 0.25) is 0 Å². The minimum absolute atomic E-state index is 0.0288. The van der Waals surface area contributed by atoms with Gasteiger partial charge in [0, 0.05) is 24.1 Å². The second-order valence-electron chi connectivity index (χ2n) is 6.15. The van der Waals surface area contributed by atoms with Gasteiger partial charge in [-0.15, -0.1) is 10.2 Å². The molecule has 1 atom stereocenters. The Kier molecular flexibility index (Phi) is 5.50. The van der Waals surface area contributed by atoms with Crippen LogP contribution in [0.3, 0.4) is 0 Å². The molecule has 3 rings (SSSR count). The monoisotopic (exact) mass is 399 g/mol. The first-order valence-electron chi connectivity index (χ1n) is 7.84. The molecular formula is C16H18ClN3O3S2. The summed E-state index contributed by atoms with van der Waals surface area (Å²) in [5.41, 5.74) is 0.568. The highest BCUT2D eigenvalue weighted by Crippen LogP contribution is 2.24. The third-order valence-electron chi connectivity index (χ3n) is 4.20. The number of hydrogen-bond donors (Lipinski definition) is 0. The van der Waals surface area contributed by atoms with Crippen LogP contribution in [0.4, 0.5) is 0 Å². The van der Waals surface area contributed by atoms with Crippen molar-refractivity contribution in [3.05, 3.63) is 40.7 Å². The molecule has 0 spiro atoms. The summed E-state index contributed by atoms with van der Waals surface area (Å²) in [5.74, 6) is 1.53. The van der Waals surface area contributed by atoms with Crippen molar-refractivity contribution in [3.63, 3.8) is 0 Å². The average Bonchev–Trinajstić information content (AvgIpc) is 3.08. The van der Waals surface area contributed by atoms with E-state index in [9.17, 15) is 13.2 Å². The summed E-state index contributed by atoms with van der Waals surface area (Å²) in [7, 11) is -1.06. The van der Waals surface area contributed by atoms with Crippen molar-refractivity contribution >= 4 is 39.0 Å². The number of nitrogens with zero attached hydrogens (tertiary/aromatic N) is 3. The zero-order chi connectivity index (χ0) is 18.0. The van der Waals surface area contributed by atoms with Gasteiger partial charge in [-0.05, 0) is 24.5 Å². The zero-order valence-electron chi connectivity index (χ0n) is 13.7. The average molecular weight is 400 g/mol. The second kappa shape index (κ2) is 7.47. The van der Waals surface area contributed by atoms with E-state index in [0.29, 0.717) is 28.6 Å². The molecule has 0 saturated carbocycles. The molecule has 1 saturated heterocycles. The molecule has 9 heteroatoms. The number of thioether (sulfide) groups is 1. The van der Waals surface area contributed by atoms with Crippen LogP contribution in [0, 0.1) is 5.92 Å². The van der Waals surface area contributed by atoms with E-state index in [4.69, 9.17) is 11.6 Å². The normalized spacial score (nSPS) is 19.2. The van der Waals surface area contributed by atoms with Crippen LogP contribution in [0.5, 0.6) is 0 Å². The molecular weight excluding hydrogens is 382 g/mol. The predicted octanol–water partition coefficient (Wildman–Crippen LogP) is 2.42. The number of sulfone groups is 1. The zero-order valence-corrected chi connectivity index (χ0v) is 16.1. The third-order valence-corrected chi connectivity index (χ3v) is 7.29. The minimum atomic E-state index is -2.90. The lowest BCUT2D eigenvalue weighted by Crippen LogP contribution is -2.11. The van der Waals surface area contributed by atoms with Gasteiger partial charge in [0.1, 0.15) is 5.82 Å². The smallest absolute Gasteiger partial charge is 0.191 e. The van der Waals surface area contributed by atoms with Gasteiger partial charge in [0.15, 0.2) is 20.8 Å². The van der Waals surface area contributed by atoms with E-state index < -0.39 is 9.84 Å². The number of halogens is 1. The summed E-state index contributed by atoms with van der Waals surface area (Å²) in [6.07, 6.45) is 1.26. The number of carbonyl (C=O) groups excluding carboxylic acids is 1. The van der Waals surface area contributed by atoms with Crippen LogP contribution in [-0.4, -0.2) is 46.2 Å². The number of Topliss-reactive ketones (excluding diaryl/α,β-unsaturated/α-hetero) is 1. The van der Waals surface area contributed by atoms with Crippen LogP contribution in [0.2, 0.25) is 5.02 Å². The molecule has 1 aromatic heterocycles. The van der Waals surface area contributed by atoms with Gasteiger partial charge in [0.25, 0.3) is 0 Å². The Morgan fingerprint density at radius 1 is 1.40 bits per heavy atom. The lowest BCUT2D eigenvalue weighted by Gasteiger charge is -2.07. The minimum Gasteiger partial charge on any atom is -0.309 e. The van der Waals surface area contributed by atoms with Gasteiger partial charge in [-0.25, -0.2) is 8.42 Å². The Hall–Kier alpha value is -1.38. The highest BCUT2D eigenvalue weighted by Gasteiger charge is 2.29. The van der Waals surface area contributed by atoms with E-state index in [0.717, 1.165) is 5.82 Å². The predicted molar refractivity (Wildman–Crippen MR) is 98.0 cm³/mol. The Morgan fingerprint density at radius 2 is 2.20 bits per heavy atom. The topological polar surface area (TPSA) is 81.9 Å². The Morgan fingerprint density at radius 3 is 2.88 bits per heavy atom. The molecule has 0 aliphatic carbocycles.